The molecule has 0 saturated carbocycles. The van der Waals surface area contributed by atoms with E-state index in [2.05, 4.69) is 26.8 Å². The maximum Gasteiger partial charge on any atom is 0.253 e. The first-order chi connectivity index (χ1) is 17.6. The number of aromatic amines is 1. The van der Waals surface area contributed by atoms with Gasteiger partial charge in [-0.2, -0.15) is 0 Å². The van der Waals surface area contributed by atoms with Crippen LogP contribution in [0, 0.1) is 0 Å². The first kappa shape index (κ1) is 23.7. The Morgan fingerprint density at radius 3 is 2.53 bits per heavy atom. The summed E-state index contributed by atoms with van der Waals surface area (Å²) >= 11 is 0. The molecular weight excluding hydrogens is 454 g/mol. The molecule has 2 aromatic carbocycles. The molecule has 186 valence electrons. The van der Waals surface area contributed by atoms with Gasteiger partial charge in [0.2, 0.25) is 5.95 Å². The van der Waals surface area contributed by atoms with E-state index in [-0.39, 0.29) is 5.91 Å². The minimum absolute atomic E-state index is 0.0589. The van der Waals surface area contributed by atoms with Gasteiger partial charge in [0, 0.05) is 66.3 Å². The van der Waals surface area contributed by atoms with Crippen molar-refractivity contribution in [3.63, 3.8) is 0 Å². The van der Waals surface area contributed by atoms with Crippen LogP contribution in [0.3, 0.4) is 0 Å². The monoisotopic (exact) mass is 485 g/mol. The van der Waals surface area contributed by atoms with Crippen molar-refractivity contribution in [1.82, 2.24) is 19.9 Å². The minimum atomic E-state index is 0.0589. The fourth-order valence-corrected chi connectivity index (χ4v) is 4.94. The summed E-state index contributed by atoms with van der Waals surface area (Å²) in [5, 5.41) is 1.07. The standard InChI is InChI=1S/C28H31N5O3/c1-4-21-22-17-20(27(34)32-13-6-14-33(16-15-32)28-29-11-5-12-30-28)7-9-23(22)31-26(21)19-8-10-24(35-2)25(18-19)36-3/h5,7-12,17-18,31H,4,6,13-16H2,1-3H3. The van der Waals surface area contributed by atoms with E-state index in [1.807, 2.05) is 47.4 Å². The molecular formula is C28H31N5O3. The third-order valence-corrected chi connectivity index (χ3v) is 6.80. The van der Waals surface area contributed by atoms with Crippen LogP contribution in [0.2, 0.25) is 0 Å². The van der Waals surface area contributed by atoms with Crippen molar-refractivity contribution in [2.24, 2.45) is 0 Å². The van der Waals surface area contributed by atoms with Gasteiger partial charge >= 0.3 is 0 Å². The Labute approximate surface area is 210 Å². The highest BCUT2D eigenvalue weighted by atomic mass is 16.5. The zero-order valence-corrected chi connectivity index (χ0v) is 21.0. The lowest BCUT2D eigenvalue weighted by Gasteiger charge is -2.22. The van der Waals surface area contributed by atoms with Gasteiger partial charge in [-0.25, -0.2) is 9.97 Å². The van der Waals surface area contributed by atoms with Gasteiger partial charge in [-0.1, -0.05) is 6.92 Å². The molecule has 1 fully saturated rings. The van der Waals surface area contributed by atoms with E-state index in [0.717, 1.165) is 47.5 Å². The maximum absolute atomic E-state index is 13.5. The third-order valence-electron chi connectivity index (χ3n) is 6.80. The lowest BCUT2D eigenvalue weighted by molar-refractivity contribution is 0.0767. The number of benzene rings is 2. The number of nitrogens with one attached hydrogen (secondary N) is 1. The number of carbonyl (C=O) groups is 1. The number of nitrogens with zero attached hydrogens (tertiary/aromatic N) is 4. The molecule has 3 heterocycles. The maximum atomic E-state index is 13.5. The molecule has 0 bridgehead atoms. The van der Waals surface area contributed by atoms with Gasteiger partial charge in [0.25, 0.3) is 5.91 Å². The highest BCUT2D eigenvalue weighted by Crippen LogP contribution is 2.36. The number of methoxy groups -OCH3 is 2. The van der Waals surface area contributed by atoms with E-state index in [1.54, 1.807) is 26.6 Å². The molecule has 2 aromatic heterocycles. The van der Waals surface area contributed by atoms with Crippen LogP contribution in [0.15, 0.2) is 54.9 Å². The lowest BCUT2D eigenvalue weighted by atomic mass is 10.0. The molecule has 0 spiro atoms. The van der Waals surface area contributed by atoms with Gasteiger partial charge < -0.3 is 24.3 Å². The average Bonchev–Trinajstić information content (AvgIpc) is 3.12. The molecule has 0 atom stereocenters. The van der Waals surface area contributed by atoms with E-state index in [0.29, 0.717) is 36.7 Å². The zero-order valence-electron chi connectivity index (χ0n) is 21.0. The van der Waals surface area contributed by atoms with Crippen LogP contribution in [0.4, 0.5) is 5.95 Å². The van der Waals surface area contributed by atoms with E-state index in [1.165, 1.54) is 5.56 Å². The van der Waals surface area contributed by atoms with E-state index in [4.69, 9.17) is 9.47 Å². The number of hydrogen-bond donors (Lipinski definition) is 1. The van der Waals surface area contributed by atoms with Gasteiger partial charge in [-0.3, -0.25) is 4.79 Å². The predicted octanol–water partition coefficient (Wildman–Crippen LogP) is 4.56. The molecule has 1 aliphatic heterocycles. The number of aryl methyl sites for hydroxylation is 1. The van der Waals surface area contributed by atoms with Gasteiger partial charge in [0.15, 0.2) is 11.5 Å². The van der Waals surface area contributed by atoms with Crippen LogP contribution in [-0.4, -0.2) is 66.2 Å². The Bertz CT molecular complexity index is 1370. The summed E-state index contributed by atoms with van der Waals surface area (Å²) in [7, 11) is 3.27. The van der Waals surface area contributed by atoms with Crippen LogP contribution >= 0.6 is 0 Å². The Morgan fingerprint density at radius 1 is 0.972 bits per heavy atom. The number of aromatic nitrogens is 3. The van der Waals surface area contributed by atoms with Crippen molar-refractivity contribution < 1.29 is 14.3 Å². The highest BCUT2D eigenvalue weighted by Gasteiger charge is 2.23. The number of fused-ring (bicyclic) bond motifs is 1. The molecule has 1 aliphatic rings. The van der Waals surface area contributed by atoms with Gasteiger partial charge in [0.1, 0.15) is 0 Å². The second kappa shape index (κ2) is 10.3. The van der Waals surface area contributed by atoms with E-state index >= 15 is 0 Å². The number of H-pyrrole nitrogens is 1. The molecule has 5 rings (SSSR count). The number of rotatable bonds is 6. The number of anilines is 1. The summed E-state index contributed by atoms with van der Waals surface area (Å²) in [5.41, 5.74) is 4.95. The molecule has 1 N–H and O–H groups in total. The van der Waals surface area contributed by atoms with Crippen LogP contribution in [0.25, 0.3) is 22.2 Å². The van der Waals surface area contributed by atoms with Crippen LogP contribution in [0.1, 0.15) is 29.3 Å². The Kier molecular flexibility index (Phi) is 6.75. The van der Waals surface area contributed by atoms with Crippen molar-refractivity contribution in [2.75, 3.05) is 45.3 Å². The number of ether oxygens (including phenoxy) is 2. The highest BCUT2D eigenvalue weighted by molar-refractivity contribution is 6.00. The molecule has 8 heteroatoms. The van der Waals surface area contributed by atoms with E-state index in [9.17, 15) is 4.79 Å². The third kappa shape index (κ3) is 4.46. The van der Waals surface area contributed by atoms with Gasteiger partial charge in [0.05, 0.1) is 14.2 Å². The summed E-state index contributed by atoms with van der Waals surface area (Å²) < 4.78 is 10.9. The van der Waals surface area contributed by atoms with Crippen LogP contribution in [-0.2, 0) is 6.42 Å². The Hall–Kier alpha value is -4.07. The first-order valence-corrected chi connectivity index (χ1v) is 12.3. The number of carbonyl (C=O) groups excluding carboxylic acids is 1. The Morgan fingerprint density at radius 2 is 1.78 bits per heavy atom. The van der Waals surface area contributed by atoms with Crippen LogP contribution in [0.5, 0.6) is 11.5 Å². The molecule has 1 saturated heterocycles. The number of amides is 1. The topological polar surface area (TPSA) is 83.6 Å². The fourth-order valence-electron chi connectivity index (χ4n) is 4.94. The first-order valence-electron chi connectivity index (χ1n) is 12.3. The summed E-state index contributed by atoms with van der Waals surface area (Å²) in [4.78, 5) is 29.9. The second-order valence-electron chi connectivity index (χ2n) is 8.84. The summed E-state index contributed by atoms with van der Waals surface area (Å²) in [6, 6.07) is 13.7. The molecule has 8 nitrogen and oxygen atoms in total. The largest absolute Gasteiger partial charge is 0.493 e. The number of hydrogen-bond acceptors (Lipinski definition) is 6. The van der Waals surface area contributed by atoms with Crippen molar-refractivity contribution in [2.45, 2.75) is 19.8 Å². The van der Waals surface area contributed by atoms with Crippen molar-refractivity contribution in [1.29, 1.82) is 0 Å². The van der Waals surface area contributed by atoms with Crippen molar-refractivity contribution in [3.8, 4) is 22.8 Å². The molecule has 0 unspecified atom stereocenters. The fraction of sp³-hybridized carbons (Fsp3) is 0.321. The van der Waals surface area contributed by atoms with Crippen molar-refractivity contribution >= 4 is 22.8 Å². The smallest absolute Gasteiger partial charge is 0.253 e. The lowest BCUT2D eigenvalue weighted by Crippen LogP contribution is -2.35. The van der Waals surface area contributed by atoms with Crippen LogP contribution < -0.4 is 14.4 Å². The van der Waals surface area contributed by atoms with Gasteiger partial charge in [-0.05, 0) is 60.9 Å². The molecule has 0 radical (unpaired) electrons. The SMILES string of the molecule is CCc1c(-c2ccc(OC)c(OC)c2)[nH]c2ccc(C(=O)N3CCCN(c4ncccn4)CC3)cc12. The molecule has 1 amide bonds. The minimum Gasteiger partial charge on any atom is -0.493 e. The average molecular weight is 486 g/mol. The quantitative estimate of drug-likeness (QED) is 0.431. The molecule has 4 aromatic rings. The zero-order chi connectivity index (χ0) is 25.1. The van der Waals surface area contributed by atoms with E-state index < -0.39 is 0 Å². The predicted molar refractivity (Wildman–Crippen MR) is 141 cm³/mol. The molecule has 36 heavy (non-hydrogen) atoms. The Balaban J connectivity index is 1.42. The van der Waals surface area contributed by atoms with Gasteiger partial charge in [-0.15, -0.1) is 0 Å². The normalized spacial score (nSPS) is 14.1. The second-order valence-corrected chi connectivity index (χ2v) is 8.84. The molecule has 0 aliphatic carbocycles. The summed E-state index contributed by atoms with van der Waals surface area (Å²) in [5.74, 6) is 2.15. The summed E-state index contributed by atoms with van der Waals surface area (Å²) in [6.45, 7) is 5.03. The summed E-state index contributed by atoms with van der Waals surface area (Å²) in [6.07, 6.45) is 5.21. The van der Waals surface area contributed by atoms with Crippen molar-refractivity contribution in [3.05, 3.63) is 66.0 Å².